The summed E-state index contributed by atoms with van der Waals surface area (Å²) in [5.41, 5.74) is 9.13. The van der Waals surface area contributed by atoms with E-state index in [-0.39, 0.29) is 18.9 Å². The molecule has 1 atom stereocenters. The summed E-state index contributed by atoms with van der Waals surface area (Å²) in [6, 6.07) is 37.1. The van der Waals surface area contributed by atoms with Crippen molar-refractivity contribution in [3.8, 4) is 0 Å². The van der Waals surface area contributed by atoms with Crippen LogP contribution in [0.2, 0.25) is 0 Å². The molecule has 0 unspecified atom stereocenters. The summed E-state index contributed by atoms with van der Waals surface area (Å²) in [6.45, 7) is 0.142. The highest BCUT2D eigenvalue weighted by Crippen LogP contribution is 2.37. The van der Waals surface area contributed by atoms with Gasteiger partial charge in [0.2, 0.25) is 5.91 Å². The third-order valence-corrected chi connectivity index (χ3v) is 7.27. The van der Waals surface area contributed by atoms with Gasteiger partial charge in [0.15, 0.2) is 0 Å². The van der Waals surface area contributed by atoms with Crippen LogP contribution in [0.4, 0.5) is 0 Å². The maximum Gasteiger partial charge on any atom is 0.330 e. The number of hydrogen-bond acceptors (Lipinski definition) is 5. The van der Waals surface area contributed by atoms with Crippen LogP contribution >= 0.6 is 0 Å². The van der Waals surface area contributed by atoms with E-state index in [2.05, 4.69) is 10.3 Å². The molecule has 1 amide bonds. The molecule has 0 aliphatic rings. The minimum Gasteiger partial charge on any atom is -0.458 e. The lowest BCUT2D eigenvalue weighted by molar-refractivity contribution is -0.139. The number of hydrogen-bond donors (Lipinski definition) is 2. The predicted molar refractivity (Wildman–Crippen MR) is 165 cm³/mol. The monoisotopic (exact) mass is 555 g/mol. The minimum atomic E-state index is -0.887. The van der Waals surface area contributed by atoms with Gasteiger partial charge < -0.3 is 15.8 Å². The summed E-state index contributed by atoms with van der Waals surface area (Å²) in [6.07, 6.45) is 6.95. The van der Waals surface area contributed by atoms with Crippen LogP contribution in [0.25, 0.3) is 10.8 Å². The first-order valence-corrected chi connectivity index (χ1v) is 14.0. The zero-order chi connectivity index (χ0) is 29.2. The molecular formula is C36H33N3O3. The summed E-state index contributed by atoms with van der Waals surface area (Å²) in [4.78, 5) is 30.0. The molecule has 1 aromatic heterocycles. The first kappa shape index (κ1) is 28.5. The maximum atomic E-state index is 13.5. The number of esters is 1. The van der Waals surface area contributed by atoms with E-state index >= 15 is 0 Å². The Morgan fingerprint density at radius 3 is 2.00 bits per heavy atom. The lowest BCUT2D eigenvalue weighted by atomic mass is 9.77. The standard InChI is InChI=1S/C36H33N3O3/c37-32(20-22-35(41)42-26-28-12-10-11-27-25-38-24-23-33(27)28)19-21-34(40)39-36(29-13-4-1-5-14-29,30-15-6-2-7-16-30)31-17-8-3-9-18-31/h1-18,20,22-25,32H,19,21,26,37H2,(H,39,40)/b22-20+/t32-/m0/s1. The first-order valence-electron chi connectivity index (χ1n) is 14.0. The number of nitrogens with two attached hydrogens (primary N) is 1. The molecule has 0 aliphatic heterocycles. The fourth-order valence-corrected chi connectivity index (χ4v) is 5.16. The normalized spacial score (nSPS) is 12.2. The molecule has 0 radical (unpaired) electrons. The van der Waals surface area contributed by atoms with Gasteiger partial charge in [-0.2, -0.15) is 0 Å². The van der Waals surface area contributed by atoms with Gasteiger partial charge in [-0.05, 0) is 40.1 Å². The van der Waals surface area contributed by atoms with E-state index in [1.807, 2.05) is 115 Å². The highest BCUT2D eigenvalue weighted by atomic mass is 16.5. The summed E-state index contributed by atoms with van der Waals surface area (Å²) >= 11 is 0. The van der Waals surface area contributed by atoms with Crippen molar-refractivity contribution >= 4 is 22.6 Å². The van der Waals surface area contributed by atoms with E-state index in [0.29, 0.717) is 6.42 Å². The Bertz CT molecular complexity index is 1550. The minimum absolute atomic E-state index is 0.142. The van der Waals surface area contributed by atoms with Gasteiger partial charge in [-0.15, -0.1) is 0 Å². The van der Waals surface area contributed by atoms with Crippen molar-refractivity contribution in [2.75, 3.05) is 0 Å². The molecule has 6 heteroatoms. The number of amides is 1. The maximum absolute atomic E-state index is 13.5. The van der Waals surface area contributed by atoms with Crippen LogP contribution in [-0.2, 0) is 26.5 Å². The number of benzene rings is 4. The first-order chi connectivity index (χ1) is 20.6. The van der Waals surface area contributed by atoms with E-state index < -0.39 is 17.6 Å². The predicted octanol–water partition coefficient (Wildman–Crippen LogP) is 6.05. The van der Waals surface area contributed by atoms with E-state index in [0.717, 1.165) is 33.0 Å². The summed E-state index contributed by atoms with van der Waals surface area (Å²) in [7, 11) is 0. The molecule has 5 rings (SSSR count). The van der Waals surface area contributed by atoms with Crippen molar-refractivity contribution in [1.82, 2.24) is 10.3 Å². The second-order valence-corrected chi connectivity index (χ2v) is 10.1. The number of pyridine rings is 1. The van der Waals surface area contributed by atoms with Crippen molar-refractivity contribution in [3.05, 3.63) is 162 Å². The van der Waals surface area contributed by atoms with Crippen LogP contribution in [0.1, 0.15) is 35.1 Å². The van der Waals surface area contributed by atoms with Crippen LogP contribution in [0.3, 0.4) is 0 Å². The van der Waals surface area contributed by atoms with Crippen LogP contribution in [0, 0.1) is 0 Å². The number of nitrogens with one attached hydrogen (secondary N) is 1. The Morgan fingerprint density at radius 2 is 1.40 bits per heavy atom. The summed E-state index contributed by atoms with van der Waals surface area (Å²) in [5, 5.41) is 5.31. The molecular weight excluding hydrogens is 522 g/mol. The molecule has 0 fully saturated rings. The molecule has 0 spiro atoms. The number of ether oxygens (including phenoxy) is 1. The van der Waals surface area contributed by atoms with Gasteiger partial charge >= 0.3 is 5.97 Å². The third-order valence-electron chi connectivity index (χ3n) is 7.27. The number of fused-ring (bicyclic) bond motifs is 1. The average molecular weight is 556 g/mol. The van der Waals surface area contributed by atoms with Gasteiger partial charge in [0, 0.05) is 36.3 Å². The number of carbonyl (C=O) groups excluding carboxylic acids is 2. The second kappa shape index (κ2) is 13.5. The lowest BCUT2D eigenvalue weighted by Crippen LogP contribution is -2.48. The Labute approximate surface area is 245 Å². The van der Waals surface area contributed by atoms with Crippen molar-refractivity contribution in [3.63, 3.8) is 0 Å². The van der Waals surface area contributed by atoms with Gasteiger partial charge in [-0.1, -0.05) is 115 Å². The second-order valence-electron chi connectivity index (χ2n) is 10.1. The molecule has 3 N–H and O–H groups in total. The number of nitrogens with zero attached hydrogens (tertiary/aromatic N) is 1. The van der Waals surface area contributed by atoms with E-state index in [1.165, 1.54) is 6.08 Å². The molecule has 0 saturated heterocycles. The molecule has 4 aromatic carbocycles. The van der Waals surface area contributed by atoms with Crippen molar-refractivity contribution in [2.24, 2.45) is 5.73 Å². The van der Waals surface area contributed by atoms with Gasteiger partial charge in [0.25, 0.3) is 0 Å². The van der Waals surface area contributed by atoms with E-state index in [4.69, 9.17) is 10.5 Å². The fourth-order valence-electron chi connectivity index (χ4n) is 5.16. The molecule has 1 heterocycles. The Kier molecular flexibility index (Phi) is 9.17. The quantitative estimate of drug-likeness (QED) is 0.118. The van der Waals surface area contributed by atoms with Gasteiger partial charge in [-0.3, -0.25) is 9.78 Å². The number of aromatic nitrogens is 1. The molecule has 6 nitrogen and oxygen atoms in total. The van der Waals surface area contributed by atoms with Crippen molar-refractivity contribution < 1.29 is 14.3 Å². The highest BCUT2D eigenvalue weighted by molar-refractivity contribution is 5.86. The topological polar surface area (TPSA) is 94.3 Å². The molecule has 0 bridgehead atoms. The smallest absolute Gasteiger partial charge is 0.330 e. The molecule has 0 saturated carbocycles. The molecule has 0 aliphatic carbocycles. The fraction of sp³-hybridized carbons (Fsp3) is 0.139. The summed E-state index contributed by atoms with van der Waals surface area (Å²) < 4.78 is 5.44. The lowest BCUT2D eigenvalue weighted by Gasteiger charge is -2.37. The van der Waals surface area contributed by atoms with Crippen LogP contribution in [-0.4, -0.2) is 22.9 Å². The van der Waals surface area contributed by atoms with E-state index in [9.17, 15) is 9.59 Å². The van der Waals surface area contributed by atoms with Crippen LogP contribution in [0.15, 0.2) is 140 Å². The Balaban J connectivity index is 1.25. The molecule has 42 heavy (non-hydrogen) atoms. The highest BCUT2D eigenvalue weighted by Gasteiger charge is 2.37. The average Bonchev–Trinajstić information content (AvgIpc) is 3.05. The SMILES string of the molecule is N[C@H](/C=C/C(=O)OCc1cccc2cnccc12)CCC(=O)NC(c1ccccc1)(c1ccccc1)c1ccccc1. The van der Waals surface area contributed by atoms with Crippen LogP contribution in [0.5, 0.6) is 0 Å². The van der Waals surface area contributed by atoms with Crippen LogP contribution < -0.4 is 11.1 Å². The van der Waals surface area contributed by atoms with Crippen molar-refractivity contribution in [1.29, 1.82) is 0 Å². The molecule has 5 aromatic rings. The van der Waals surface area contributed by atoms with E-state index in [1.54, 1.807) is 18.5 Å². The number of carbonyl (C=O) groups is 2. The third kappa shape index (κ3) is 6.62. The zero-order valence-corrected chi connectivity index (χ0v) is 23.2. The Hall–Kier alpha value is -5.07. The van der Waals surface area contributed by atoms with Gasteiger partial charge in [0.1, 0.15) is 12.1 Å². The number of rotatable bonds is 11. The Morgan fingerprint density at radius 1 is 0.810 bits per heavy atom. The van der Waals surface area contributed by atoms with Gasteiger partial charge in [-0.25, -0.2) is 4.79 Å². The van der Waals surface area contributed by atoms with Crippen molar-refractivity contribution in [2.45, 2.75) is 31.0 Å². The van der Waals surface area contributed by atoms with Gasteiger partial charge in [0.05, 0.1) is 0 Å². The largest absolute Gasteiger partial charge is 0.458 e. The molecule has 210 valence electrons. The summed E-state index contributed by atoms with van der Waals surface area (Å²) in [5.74, 6) is -0.638. The zero-order valence-electron chi connectivity index (χ0n) is 23.2.